The van der Waals surface area contributed by atoms with Crippen LogP contribution in [-0.2, 0) is 13.0 Å². The molecule has 1 aliphatic carbocycles. The second kappa shape index (κ2) is 7.06. The molecular weight excluding hydrogens is 278 g/mol. The molecule has 22 heavy (non-hydrogen) atoms. The van der Waals surface area contributed by atoms with Crippen LogP contribution >= 0.6 is 0 Å². The van der Waals surface area contributed by atoms with E-state index < -0.39 is 0 Å². The summed E-state index contributed by atoms with van der Waals surface area (Å²) in [6.45, 7) is 1.38. The topological polar surface area (TPSA) is 71.8 Å². The molecule has 116 valence electrons. The van der Waals surface area contributed by atoms with E-state index in [1.165, 1.54) is 17.5 Å². The Balaban J connectivity index is 1.44. The molecule has 0 saturated heterocycles. The number of aryl methyl sites for hydroxylation is 2. The summed E-state index contributed by atoms with van der Waals surface area (Å²) < 4.78 is 1.76. The first-order chi connectivity index (χ1) is 10.8. The molecule has 1 aromatic heterocycles. The van der Waals surface area contributed by atoms with Crippen LogP contribution in [-0.4, -0.2) is 27.3 Å². The highest BCUT2D eigenvalue weighted by Gasteiger charge is 2.20. The number of nitrogens with one attached hydrogen (secondary N) is 2. The molecule has 0 aliphatic heterocycles. The van der Waals surface area contributed by atoms with Crippen LogP contribution in [0.5, 0.6) is 0 Å². The van der Waals surface area contributed by atoms with Crippen LogP contribution < -0.4 is 10.6 Å². The van der Waals surface area contributed by atoms with Crippen molar-refractivity contribution in [2.75, 3.05) is 6.54 Å². The van der Waals surface area contributed by atoms with Crippen LogP contribution in [0.1, 0.15) is 36.4 Å². The van der Waals surface area contributed by atoms with Crippen molar-refractivity contribution in [3.8, 4) is 0 Å². The molecule has 2 aromatic rings. The highest BCUT2D eigenvalue weighted by Crippen LogP contribution is 2.29. The van der Waals surface area contributed by atoms with Crippen molar-refractivity contribution < 1.29 is 4.79 Å². The van der Waals surface area contributed by atoms with Gasteiger partial charge in [-0.25, -0.2) is 9.78 Å². The number of hydrogen-bond acceptors (Lipinski definition) is 3. The Hall–Kier alpha value is -2.37. The number of benzene rings is 1. The maximum absolute atomic E-state index is 12.0. The smallest absolute Gasteiger partial charge is 0.315 e. The summed E-state index contributed by atoms with van der Waals surface area (Å²) in [5.74, 6) is 0. The molecule has 1 aliphatic rings. The van der Waals surface area contributed by atoms with Crippen LogP contribution in [0.3, 0.4) is 0 Å². The second-order valence-corrected chi connectivity index (χ2v) is 5.56. The molecule has 0 fully saturated rings. The first-order valence-electron chi connectivity index (χ1n) is 7.77. The van der Waals surface area contributed by atoms with Crippen molar-refractivity contribution in [2.24, 2.45) is 0 Å². The fourth-order valence-electron chi connectivity index (χ4n) is 2.90. The zero-order chi connectivity index (χ0) is 15.2. The van der Waals surface area contributed by atoms with Crippen LogP contribution in [0.2, 0.25) is 0 Å². The molecule has 0 bridgehead atoms. The lowest BCUT2D eigenvalue weighted by atomic mass is 9.88. The van der Waals surface area contributed by atoms with Crippen LogP contribution in [0.15, 0.2) is 36.9 Å². The third-order valence-corrected chi connectivity index (χ3v) is 3.99. The number of amides is 2. The molecule has 1 unspecified atom stereocenters. The third kappa shape index (κ3) is 3.63. The van der Waals surface area contributed by atoms with Gasteiger partial charge < -0.3 is 10.6 Å². The fraction of sp³-hybridized carbons (Fsp3) is 0.438. The lowest BCUT2D eigenvalue weighted by Gasteiger charge is -2.26. The Kier molecular flexibility index (Phi) is 4.68. The molecule has 6 heteroatoms. The van der Waals surface area contributed by atoms with Gasteiger partial charge in [-0.3, -0.25) is 4.68 Å². The number of carbonyl (C=O) groups excluding carboxylic acids is 1. The summed E-state index contributed by atoms with van der Waals surface area (Å²) in [5.41, 5.74) is 2.61. The van der Waals surface area contributed by atoms with Crippen LogP contribution in [0.4, 0.5) is 4.79 Å². The van der Waals surface area contributed by atoms with E-state index in [-0.39, 0.29) is 12.1 Å². The number of rotatable bonds is 5. The zero-order valence-corrected chi connectivity index (χ0v) is 12.5. The predicted octanol–water partition coefficient (Wildman–Crippen LogP) is 2.04. The lowest BCUT2D eigenvalue weighted by molar-refractivity contribution is 0.235. The maximum atomic E-state index is 12.0. The lowest BCUT2D eigenvalue weighted by Crippen LogP contribution is -2.39. The van der Waals surface area contributed by atoms with E-state index >= 15 is 0 Å². The largest absolute Gasteiger partial charge is 0.338 e. The molecule has 3 rings (SSSR count). The van der Waals surface area contributed by atoms with Gasteiger partial charge in [0, 0.05) is 13.1 Å². The number of aromatic nitrogens is 3. The minimum atomic E-state index is -0.0970. The van der Waals surface area contributed by atoms with Crippen molar-refractivity contribution in [1.29, 1.82) is 0 Å². The minimum absolute atomic E-state index is 0.0970. The molecule has 0 saturated carbocycles. The summed E-state index contributed by atoms with van der Waals surface area (Å²) in [5, 5.41) is 10.0. The highest BCUT2D eigenvalue weighted by atomic mass is 16.2. The summed E-state index contributed by atoms with van der Waals surface area (Å²) in [6.07, 6.45) is 7.25. The number of carbonyl (C=O) groups is 1. The van der Waals surface area contributed by atoms with Gasteiger partial charge in [-0.2, -0.15) is 5.10 Å². The van der Waals surface area contributed by atoms with Crippen molar-refractivity contribution in [2.45, 2.75) is 38.3 Å². The second-order valence-electron chi connectivity index (χ2n) is 5.56. The molecule has 2 N–H and O–H groups in total. The zero-order valence-electron chi connectivity index (χ0n) is 12.5. The van der Waals surface area contributed by atoms with Gasteiger partial charge in [-0.05, 0) is 36.8 Å². The van der Waals surface area contributed by atoms with Crippen LogP contribution in [0.25, 0.3) is 0 Å². The van der Waals surface area contributed by atoms with Crippen molar-refractivity contribution in [1.82, 2.24) is 25.4 Å². The summed E-state index contributed by atoms with van der Waals surface area (Å²) in [6, 6.07) is 8.39. The maximum Gasteiger partial charge on any atom is 0.315 e. The van der Waals surface area contributed by atoms with E-state index in [4.69, 9.17) is 0 Å². The Morgan fingerprint density at radius 1 is 1.36 bits per heavy atom. The minimum Gasteiger partial charge on any atom is -0.338 e. The molecule has 2 amide bonds. The van der Waals surface area contributed by atoms with Gasteiger partial charge in [0.05, 0.1) is 6.04 Å². The normalized spacial score (nSPS) is 16.8. The number of urea groups is 1. The van der Waals surface area contributed by atoms with Gasteiger partial charge in [0.25, 0.3) is 0 Å². The Labute approximate surface area is 129 Å². The molecule has 0 spiro atoms. The van der Waals surface area contributed by atoms with Gasteiger partial charge in [-0.15, -0.1) is 0 Å². The molecule has 6 nitrogen and oxygen atoms in total. The standard InChI is InChI=1S/C16H21N5O/c22-16(18-9-4-10-21-12-17-11-19-21)20-15-8-3-6-13-5-1-2-7-14(13)15/h1-2,5,7,11-12,15H,3-4,6,8-10H2,(H2,18,20,22). The van der Waals surface area contributed by atoms with Crippen LogP contribution in [0, 0.1) is 0 Å². The Morgan fingerprint density at radius 3 is 3.14 bits per heavy atom. The van der Waals surface area contributed by atoms with E-state index in [0.717, 1.165) is 32.2 Å². The first-order valence-corrected chi connectivity index (χ1v) is 7.77. The summed E-state index contributed by atoms with van der Waals surface area (Å²) in [4.78, 5) is 15.9. The fourth-order valence-corrected chi connectivity index (χ4v) is 2.90. The van der Waals surface area contributed by atoms with E-state index in [0.29, 0.717) is 6.54 Å². The predicted molar refractivity (Wildman–Crippen MR) is 83.3 cm³/mol. The summed E-state index contributed by atoms with van der Waals surface area (Å²) in [7, 11) is 0. The molecule has 1 aromatic carbocycles. The average Bonchev–Trinajstić information content (AvgIpc) is 3.05. The van der Waals surface area contributed by atoms with E-state index in [1.807, 2.05) is 6.07 Å². The van der Waals surface area contributed by atoms with Crippen molar-refractivity contribution in [3.05, 3.63) is 48.0 Å². The number of hydrogen-bond donors (Lipinski definition) is 2. The van der Waals surface area contributed by atoms with Gasteiger partial charge in [0.2, 0.25) is 0 Å². The molecule has 1 heterocycles. The van der Waals surface area contributed by atoms with Gasteiger partial charge >= 0.3 is 6.03 Å². The molecular formula is C16H21N5O. The first kappa shape index (κ1) is 14.6. The third-order valence-electron chi connectivity index (χ3n) is 3.99. The Bertz CT molecular complexity index is 611. The highest BCUT2D eigenvalue weighted by molar-refractivity contribution is 5.74. The number of nitrogens with zero attached hydrogens (tertiary/aromatic N) is 3. The van der Waals surface area contributed by atoms with E-state index in [1.54, 1.807) is 11.0 Å². The van der Waals surface area contributed by atoms with E-state index in [9.17, 15) is 4.79 Å². The number of fused-ring (bicyclic) bond motifs is 1. The summed E-state index contributed by atoms with van der Waals surface area (Å²) >= 11 is 0. The van der Waals surface area contributed by atoms with Gasteiger partial charge in [0.1, 0.15) is 12.7 Å². The molecule has 1 atom stereocenters. The van der Waals surface area contributed by atoms with Gasteiger partial charge in [-0.1, -0.05) is 24.3 Å². The molecule has 0 radical (unpaired) electrons. The quantitative estimate of drug-likeness (QED) is 0.830. The monoisotopic (exact) mass is 299 g/mol. The van der Waals surface area contributed by atoms with Crippen molar-refractivity contribution >= 4 is 6.03 Å². The SMILES string of the molecule is O=C(NCCCn1cncn1)NC1CCCc2ccccc21. The van der Waals surface area contributed by atoms with Gasteiger partial charge in [0.15, 0.2) is 0 Å². The van der Waals surface area contributed by atoms with E-state index in [2.05, 4.69) is 38.9 Å². The Morgan fingerprint density at radius 2 is 2.27 bits per heavy atom. The average molecular weight is 299 g/mol. The van der Waals surface area contributed by atoms with Crippen molar-refractivity contribution in [3.63, 3.8) is 0 Å².